The summed E-state index contributed by atoms with van der Waals surface area (Å²) in [5, 5.41) is 0.181. The summed E-state index contributed by atoms with van der Waals surface area (Å²) in [6.07, 6.45) is 3.63. The van der Waals surface area contributed by atoms with Crippen LogP contribution in [0.4, 0.5) is 4.39 Å². The Balaban J connectivity index is 2.16. The maximum absolute atomic E-state index is 13.3. The van der Waals surface area contributed by atoms with E-state index in [0.717, 1.165) is 18.5 Å². The van der Waals surface area contributed by atoms with Gasteiger partial charge in [-0.1, -0.05) is 31.5 Å². The van der Waals surface area contributed by atoms with Gasteiger partial charge >= 0.3 is 0 Å². The molecule has 2 N–H and O–H groups in total. The minimum absolute atomic E-state index is 0.138. The number of hydrogen-bond donors (Lipinski definition) is 1. The molecule has 1 aliphatic rings. The van der Waals surface area contributed by atoms with Gasteiger partial charge < -0.3 is 5.73 Å². The average molecular weight is 299 g/mol. The molecule has 1 aromatic rings. The van der Waals surface area contributed by atoms with Crippen LogP contribution in [-0.4, -0.2) is 24.0 Å². The molecule has 112 valence electrons. The topological polar surface area (TPSA) is 29.3 Å². The van der Waals surface area contributed by atoms with Gasteiger partial charge in [0.25, 0.3) is 0 Å². The molecule has 1 atom stereocenters. The lowest BCUT2D eigenvalue weighted by molar-refractivity contribution is 0.180. The third-order valence-electron chi connectivity index (χ3n) is 3.93. The molecule has 0 bridgehead atoms. The molecule has 0 radical (unpaired) electrons. The molecule has 1 fully saturated rings. The van der Waals surface area contributed by atoms with E-state index in [0.29, 0.717) is 18.5 Å². The summed E-state index contributed by atoms with van der Waals surface area (Å²) in [5.41, 5.74) is 7.01. The number of nitrogens with zero attached hydrogens (tertiary/aromatic N) is 1. The van der Waals surface area contributed by atoms with Gasteiger partial charge in [0.2, 0.25) is 0 Å². The van der Waals surface area contributed by atoms with Crippen LogP contribution in [-0.2, 0) is 0 Å². The fraction of sp³-hybridized carbons (Fsp3) is 0.625. The minimum atomic E-state index is -0.369. The van der Waals surface area contributed by atoms with Crippen molar-refractivity contribution in [3.63, 3.8) is 0 Å². The lowest BCUT2D eigenvalue weighted by Crippen LogP contribution is -2.36. The Bertz CT molecular complexity index is 446. The van der Waals surface area contributed by atoms with E-state index in [4.69, 9.17) is 17.3 Å². The molecule has 4 heteroatoms. The minimum Gasteiger partial charge on any atom is -0.329 e. The van der Waals surface area contributed by atoms with Gasteiger partial charge in [0.05, 0.1) is 5.02 Å². The fourth-order valence-electron chi connectivity index (χ4n) is 2.59. The first-order valence-electron chi connectivity index (χ1n) is 7.43. The van der Waals surface area contributed by atoms with Gasteiger partial charge in [-0.15, -0.1) is 0 Å². The average Bonchev–Trinajstić information content (AvgIpc) is 3.22. The molecule has 0 heterocycles. The molecular weight excluding hydrogens is 275 g/mol. The van der Waals surface area contributed by atoms with Gasteiger partial charge in [0, 0.05) is 18.6 Å². The van der Waals surface area contributed by atoms with Crippen molar-refractivity contribution in [2.24, 2.45) is 11.7 Å². The second-order valence-electron chi connectivity index (χ2n) is 6.08. The number of halogens is 2. The smallest absolute Gasteiger partial charge is 0.141 e. The van der Waals surface area contributed by atoms with Gasteiger partial charge in [-0.3, -0.25) is 4.90 Å². The number of hydrogen-bond acceptors (Lipinski definition) is 2. The predicted octanol–water partition coefficient (Wildman–Crippen LogP) is 3.99. The van der Waals surface area contributed by atoms with Crippen molar-refractivity contribution >= 4 is 11.6 Å². The predicted molar refractivity (Wildman–Crippen MR) is 82.4 cm³/mol. The van der Waals surface area contributed by atoms with Crippen LogP contribution >= 0.6 is 11.6 Å². The second-order valence-corrected chi connectivity index (χ2v) is 6.48. The lowest BCUT2D eigenvalue weighted by Gasteiger charge is -2.32. The number of benzene rings is 1. The Labute approximate surface area is 126 Å². The van der Waals surface area contributed by atoms with E-state index >= 15 is 0 Å². The van der Waals surface area contributed by atoms with E-state index in [1.54, 1.807) is 6.07 Å². The maximum atomic E-state index is 13.3. The molecule has 0 amide bonds. The van der Waals surface area contributed by atoms with Crippen LogP contribution in [0.5, 0.6) is 0 Å². The van der Waals surface area contributed by atoms with Gasteiger partial charge in [0.1, 0.15) is 5.82 Å². The maximum Gasteiger partial charge on any atom is 0.141 e. The molecule has 2 rings (SSSR count). The quantitative estimate of drug-likeness (QED) is 0.825. The molecular formula is C16H24ClFN2. The summed E-state index contributed by atoms with van der Waals surface area (Å²) in [5.74, 6) is 0.304. The van der Waals surface area contributed by atoms with Crippen LogP contribution in [0.25, 0.3) is 0 Å². The first-order chi connectivity index (χ1) is 9.52. The van der Waals surface area contributed by atoms with Crippen molar-refractivity contribution in [2.75, 3.05) is 13.1 Å². The molecule has 1 aliphatic carbocycles. The second kappa shape index (κ2) is 6.88. The molecule has 1 unspecified atom stereocenters. The van der Waals surface area contributed by atoms with Crippen molar-refractivity contribution < 1.29 is 4.39 Å². The van der Waals surface area contributed by atoms with Crippen LogP contribution < -0.4 is 5.73 Å². The van der Waals surface area contributed by atoms with E-state index < -0.39 is 0 Å². The van der Waals surface area contributed by atoms with Crippen LogP contribution in [0, 0.1) is 11.7 Å². The molecule has 2 nitrogen and oxygen atoms in total. The summed E-state index contributed by atoms with van der Waals surface area (Å²) < 4.78 is 13.3. The third kappa shape index (κ3) is 3.94. The Kier molecular flexibility index (Phi) is 5.42. The van der Waals surface area contributed by atoms with E-state index in [-0.39, 0.29) is 16.9 Å². The fourth-order valence-corrected chi connectivity index (χ4v) is 2.78. The van der Waals surface area contributed by atoms with E-state index in [1.165, 1.54) is 18.9 Å². The molecule has 0 aromatic heterocycles. The molecule has 1 aromatic carbocycles. The van der Waals surface area contributed by atoms with Crippen molar-refractivity contribution in [3.8, 4) is 0 Å². The van der Waals surface area contributed by atoms with Crippen LogP contribution in [0.2, 0.25) is 5.02 Å². The lowest BCUT2D eigenvalue weighted by atomic mass is 10.0. The molecule has 20 heavy (non-hydrogen) atoms. The van der Waals surface area contributed by atoms with Crippen LogP contribution in [0.1, 0.15) is 44.7 Å². The van der Waals surface area contributed by atoms with Gasteiger partial charge in [0.15, 0.2) is 0 Å². The summed E-state index contributed by atoms with van der Waals surface area (Å²) in [7, 11) is 0. The zero-order valence-electron chi connectivity index (χ0n) is 12.3. The van der Waals surface area contributed by atoms with Gasteiger partial charge in [-0.25, -0.2) is 4.39 Å². The first-order valence-corrected chi connectivity index (χ1v) is 7.81. The van der Waals surface area contributed by atoms with Crippen molar-refractivity contribution in [2.45, 2.75) is 45.2 Å². The monoisotopic (exact) mass is 298 g/mol. The SMILES string of the molecule is CC(C)CCN(C1CC1)C(CN)c1ccc(F)c(Cl)c1. The largest absolute Gasteiger partial charge is 0.329 e. The van der Waals surface area contributed by atoms with Crippen LogP contribution in [0.3, 0.4) is 0 Å². The van der Waals surface area contributed by atoms with Gasteiger partial charge in [-0.05, 0) is 49.4 Å². The number of rotatable bonds is 7. The van der Waals surface area contributed by atoms with Crippen molar-refractivity contribution in [1.82, 2.24) is 4.90 Å². The zero-order valence-corrected chi connectivity index (χ0v) is 13.0. The number of nitrogens with two attached hydrogens (primary N) is 1. The normalized spacial score (nSPS) is 16.9. The first kappa shape index (κ1) is 15.7. The summed E-state index contributed by atoms with van der Waals surface area (Å²) in [6.45, 7) is 6.05. The van der Waals surface area contributed by atoms with E-state index in [9.17, 15) is 4.39 Å². The molecule has 0 spiro atoms. The summed E-state index contributed by atoms with van der Waals surface area (Å²) >= 11 is 5.91. The zero-order chi connectivity index (χ0) is 14.7. The third-order valence-corrected chi connectivity index (χ3v) is 4.22. The van der Waals surface area contributed by atoms with E-state index in [1.807, 2.05) is 6.07 Å². The highest BCUT2D eigenvalue weighted by atomic mass is 35.5. The Morgan fingerprint density at radius 3 is 2.60 bits per heavy atom. The van der Waals surface area contributed by atoms with Crippen molar-refractivity contribution in [1.29, 1.82) is 0 Å². The van der Waals surface area contributed by atoms with Crippen LogP contribution in [0.15, 0.2) is 18.2 Å². The Hall–Kier alpha value is -0.640. The Morgan fingerprint density at radius 1 is 1.40 bits per heavy atom. The summed E-state index contributed by atoms with van der Waals surface area (Å²) in [6, 6.07) is 5.74. The standard InChI is InChI=1S/C16H24ClFN2/c1-11(2)7-8-20(13-4-5-13)16(10-19)12-3-6-15(18)14(17)9-12/h3,6,9,11,13,16H,4-5,7-8,10,19H2,1-2H3. The van der Waals surface area contributed by atoms with Gasteiger partial charge in [-0.2, -0.15) is 0 Å². The highest BCUT2D eigenvalue weighted by Gasteiger charge is 2.34. The van der Waals surface area contributed by atoms with Crippen molar-refractivity contribution in [3.05, 3.63) is 34.6 Å². The summed E-state index contributed by atoms with van der Waals surface area (Å²) in [4.78, 5) is 2.48. The molecule has 1 saturated carbocycles. The highest BCUT2D eigenvalue weighted by molar-refractivity contribution is 6.30. The molecule has 0 saturated heterocycles. The highest BCUT2D eigenvalue weighted by Crippen LogP contribution is 2.35. The Morgan fingerprint density at radius 2 is 2.10 bits per heavy atom. The van der Waals surface area contributed by atoms with E-state index in [2.05, 4.69) is 18.7 Å². The molecule has 0 aliphatic heterocycles.